The van der Waals surface area contributed by atoms with E-state index < -0.39 is 15.8 Å². The van der Waals surface area contributed by atoms with E-state index in [9.17, 15) is 17.6 Å². The van der Waals surface area contributed by atoms with Crippen molar-refractivity contribution in [1.29, 1.82) is 0 Å². The molecule has 1 saturated heterocycles. The summed E-state index contributed by atoms with van der Waals surface area (Å²) < 4.78 is 50.2. The zero-order chi connectivity index (χ0) is 21.7. The van der Waals surface area contributed by atoms with Gasteiger partial charge in [0.25, 0.3) is 0 Å². The van der Waals surface area contributed by atoms with E-state index in [-0.39, 0.29) is 30.7 Å². The van der Waals surface area contributed by atoms with Gasteiger partial charge in [0, 0.05) is 25.1 Å². The molecule has 1 N–H and O–H groups in total. The van der Waals surface area contributed by atoms with Crippen LogP contribution in [-0.4, -0.2) is 45.9 Å². The topological polar surface area (TPSA) is 84.9 Å². The van der Waals surface area contributed by atoms with E-state index in [0.29, 0.717) is 35.6 Å². The van der Waals surface area contributed by atoms with Crippen LogP contribution < -0.4 is 14.8 Å². The molecule has 1 amide bonds. The molecule has 162 valence electrons. The Morgan fingerprint density at radius 3 is 2.37 bits per heavy atom. The van der Waals surface area contributed by atoms with Crippen LogP contribution in [0.15, 0.2) is 42.5 Å². The van der Waals surface area contributed by atoms with E-state index in [0.717, 1.165) is 0 Å². The number of carbonyl (C=O) groups is 1. The Hall–Kier alpha value is -2.65. The number of hydrogen-bond donors (Lipinski definition) is 1. The molecule has 0 radical (unpaired) electrons. The number of ether oxygens (including phenoxy) is 2. The van der Waals surface area contributed by atoms with Crippen LogP contribution in [0.3, 0.4) is 0 Å². The average Bonchev–Trinajstić information content (AvgIpc) is 2.75. The third-order valence-electron chi connectivity index (χ3n) is 5.14. The highest BCUT2D eigenvalue weighted by molar-refractivity contribution is 7.88. The summed E-state index contributed by atoms with van der Waals surface area (Å²) >= 11 is 0. The fraction of sp³-hybridized carbons (Fsp3) is 0.381. The van der Waals surface area contributed by atoms with Gasteiger partial charge in [0.15, 0.2) is 0 Å². The maximum Gasteiger partial charge on any atom is 0.227 e. The summed E-state index contributed by atoms with van der Waals surface area (Å²) in [6.45, 7) is 0.522. The van der Waals surface area contributed by atoms with Crippen molar-refractivity contribution in [3.05, 3.63) is 53.8 Å². The predicted octanol–water partition coefficient (Wildman–Crippen LogP) is 3.02. The van der Waals surface area contributed by atoms with Gasteiger partial charge in [0.2, 0.25) is 15.9 Å². The molecular formula is C21H25FN2O5S. The SMILES string of the molecule is COc1ccc(OC)c(NC(=O)C2CCN(S(=O)(=O)Cc3ccc(F)cc3)CC2)c1. The number of piperidine rings is 1. The van der Waals surface area contributed by atoms with E-state index in [1.54, 1.807) is 18.2 Å². The van der Waals surface area contributed by atoms with E-state index in [1.807, 2.05) is 0 Å². The van der Waals surface area contributed by atoms with E-state index in [4.69, 9.17) is 9.47 Å². The van der Waals surface area contributed by atoms with Gasteiger partial charge in [-0.05, 0) is 42.7 Å². The lowest BCUT2D eigenvalue weighted by Gasteiger charge is -2.30. The molecule has 3 rings (SSSR count). The molecule has 1 fully saturated rings. The van der Waals surface area contributed by atoms with Crippen LogP contribution in [0.4, 0.5) is 10.1 Å². The summed E-state index contributed by atoms with van der Waals surface area (Å²) in [7, 11) is -0.481. The largest absolute Gasteiger partial charge is 0.497 e. The second-order valence-corrected chi connectivity index (χ2v) is 9.08. The van der Waals surface area contributed by atoms with E-state index in [2.05, 4.69) is 5.32 Å². The second kappa shape index (κ2) is 9.44. The zero-order valence-electron chi connectivity index (χ0n) is 16.9. The number of nitrogens with zero attached hydrogens (tertiary/aromatic N) is 1. The lowest BCUT2D eigenvalue weighted by molar-refractivity contribution is -0.120. The second-order valence-electron chi connectivity index (χ2n) is 7.11. The van der Waals surface area contributed by atoms with Crippen LogP contribution in [0.25, 0.3) is 0 Å². The third kappa shape index (κ3) is 5.28. The van der Waals surface area contributed by atoms with Crippen molar-refractivity contribution in [2.24, 2.45) is 5.92 Å². The number of amides is 1. The van der Waals surface area contributed by atoms with Crippen molar-refractivity contribution in [2.45, 2.75) is 18.6 Å². The Labute approximate surface area is 175 Å². The summed E-state index contributed by atoms with van der Waals surface area (Å²) in [6.07, 6.45) is 0.835. The molecule has 1 aliphatic heterocycles. The molecule has 9 heteroatoms. The molecule has 1 aliphatic rings. The number of sulfonamides is 1. The van der Waals surface area contributed by atoms with Gasteiger partial charge in [0.1, 0.15) is 17.3 Å². The number of benzene rings is 2. The quantitative estimate of drug-likeness (QED) is 0.721. The molecule has 7 nitrogen and oxygen atoms in total. The first-order chi connectivity index (χ1) is 14.3. The summed E-state index contributed by atoms with van der Waals surface area (Å²) in [5.74, 6) is 0.0211. The van der Waals surface area contributed by atoms with Crippen LogP contribution in [0.2, 0.25) is 0 Å². The van der Waals surface area contributed by atoms with Crippen molar-refractivity contribution in [2.75, 3.05) is 32.6 Å². The van der Waals surface area contributed by atoms with Gasteiger partial charge in [-0.15, -0.1) is 0 Å². The summed E-state index contributed by atoms with van der Waals surface area (Å²) in [4.78, 5) is 12.7. The van der Waals surface area contributed by atoms with Crippen molar-refractivity contribution < 1.29 is 27.1 Å². The maximum absolute atomic E-state index is 13.0. The van der Waals surface area contributed by atoms with Gasteiger partial charge in [-0.25, -0.2) is 17.1 Å². The Bertz CT molecular complexity index is 987. The Kier molecular flexibility index (Phi) is 6.94. The van der Waals surface area contributed by atoms with Crippen LogP contribution in [0.1, 0.15) is 18.4 Å². The predicted molar refractivity (Wildman–Crippen MR) is 111 cm³/mol. The molecule has 0 aromatic heterocycles. The number of halogens is 1. The molecule has 2 aromatic rings. The first kappa shape index (κ1) is 22.0. The fourth-order valence-electron chi connectivity index (χ4n) is 3.43. The third-order valence-corrected chi connectivity index (χ3v) is 7.00. The highest BCUT2D eigenvalue weighted by atomic mass is 32.2. The summed E-state index contributed by atoms with van der Waals surface area (Å²) in [6, 6.07) is 10.5. The molecule has 0 bridgehead atoms. The van der Waals surface area contributed by atoms with Crippen LogP contribution in [0.5, 0.6) is 11.5 Å². The molecular weight excluding hydrogens is 411 g/mol. The summed E-state index contributed by atoms with van der Waals surface area (Å²) in [5, 5.41) is 2.86. The molecule has 2 aromatic carbocycles. The molecule has 0 aliphatic carbocycles. The summed E-state index contributed by atoms with van der Waals surface area (Å²) in [5.41, 5.74) is 1.04. The van der Waals surface area contributed by atoms with Crippen molar-refractivity contribution >= 4 is 21.6 Å². The number of anilines is 1. The molecule has 1 heterocycles. The Morgan fingerprint density at radius 2 is 1.77 bits per heavy atom. The number of rotatable bonds is 7. The number of nitrogens with one attached hydrogen (secondary N) is 1. The highest BCUT2D eigenvalue weighted by Gasteiger charge is 2.31. The molecule has 0 spiro atoms. The molecule has 30 heavy (non-hydrogen) atoms. The first-order valence-electron chi connectivity index (χ1n) is 9.57. The van der Waals surface area contributed by atoms with Gasteiger partial charge in [-0.2, -0.15) is 0 Å². The fourth-order valence-corrected chi connectivity index (χ4v) is 4.99. The van der Waals surface area contributed by atoms with E-state index in [1.165, 1.54) is 42.8 Å². The van der Waals surface area contributed by atoms with E-state index >= 15 is 0 Å². The number of hydrogen-bond acceptors (Lipinski definition) is 5. The Morgan fingerprint density at radius 1 is 1.10 bits per heavy atom. The normalized spacial score (nSPS) is 15.6. The Balaban J connectivity index is 1.59. The van der Waals surface area contributed by atoms with Gasteiger partial charge in [-0.1, -0.05) is 12.1 Å². The molecule has 0 unspecified atom stereocenters. The van der Waals surface area contributed by atoms with Crippen molar-refractivity contribution in [1.82, 2.24) is 4.31 Å². The zero-order valence-corrected chi connectivity index (χ0v) is 17.7. The van der Waals surface area contributed by atoms with Crippen LogP contribution in [0, 0.1) is 11.7 Å². The van der Waals surface area contributed by atoms with Gasteiger partial charge < -0.3 is 14.8 Å². The highest BCUT2D eigenvalue weighted by Crippen LogP contribution is 2.30. The number of methoxy groups -OCH3 is 2. The standard InChI is InChI=1S/C21H25FN2O5S/c1-28-18-7-8-20(29-2)19(13-18)23-21(25)16-9-11-24(12-10-16)30(26,27)14-15-3-5-17(22)6-4-15/h3-8,13,16H,9-12,14H2,1-2H3,(H,23,25). The van der Waals surface area contributed by atoms with Crippen LogP contribution >= 0.6 is 0 Å². The monoisotopic (exact) mass is 436 g/mol. The van der Waals surface area contributed by atoms with Crippen molar-refractivity contribution in [3.63, 3.8) is 0 Å². The van der Waals surface area contributed by atoms with Gasteiger partial charge in [-0.3, -0.25) is 4.79 Å². The number of carbonyl (C=O) groups excluding carboxylic acids is 1. The lowest BCUT2D eigenvalue weighted by atomic mass is 9.97. The first-order valence-corrected chi connectivity index (χ1v) is 11.2. The minimum absolute atomic E-state index is 0.183. The van der Waals surface area contributed by atoms with Crippen LogP contribution in [-0.2, 0) is 20.6 Å². The lowest BCUT2D eigenvalue weighted by Crippen LogP contribution is -2.41. The minimum Gasteiger partial charge on any atom is -0.497 e. The smallest absolute Gasteiger partial charge is 0.227 e. The van der Waals surface area contributed by atoms with Gasteiger partial charge in [0.05, 0.1) is 25.7 Å². The molecule has 0 atom stereocenters. The van der Waals surface area contributed by atoms with Crippen molar-refractivity contribution in [3.8, 4) is 11.5 Å². The van der Waals surface area contributed by atoms with Gasteiger partial charge >= 0.3 is 0 Å². The maximum atomic E-state index is 13.0. The molecule has 0 saturated carbocycles. The minimum atomic E-state index is -3.53. The average molecular weight is 437 g/mol.